The van der Waals surface area contributed by atoms with E-state index in [4.69, 9.17) is 4.42 Å². The number of aryl methyl sites for hydroxylation is 1. The minimum atomic E-state index is -0.478. The molecule has 1 aliphatic carbocycles. The minimum absolute atomic E-state index is 0.0250. The average Bonchev–Trinajstić information content (AvgIpc) is 3.19. The van der Waals surface area contributed by atoms with Gasteiger partial charge in [0, 0.05) is 0 Å². The van der Waals surface area contributed by atoms with Gasteiger partial charge in [0.05, 0.1) is 25.4 Å². The quantitative estimate of drug-likeness (QED) is 0.727. The second kappa shape index (κ2) is 8.33. The Labute approximate surface area is 151 Å². The fraction of sp³-hybridized carbons (Fsp3) is 0.316. The highest BCUT2D eigenvalue weighted by molar-refractivity contribution is 5.94. The van der Waals surface area contributed by atoms with E-state index in [0.717, 1.165) is 24.8 Å². The van der Waals surface area contributed by atoms with Crippen LogP contribution in [0.2, 0.25) is 0 Å². The molecule has 0 saturated heterocycles. The topological polar surface area (TPSA) is 100 Å². The molecule has 7 heteroatoms. The Balaban J connectivity index is 1.42. The van der Waals surface area contributed by atoms with Gasteiger partial charge in [-0.1, -0.05) is 24.3 Å². The summed E-state index contributed by atoms with van der Waals surface area (Å²) in [6, 6.07) is 11.1. The van der Waals surface area contributed by atoms with Gasteiger partial charge in [-0.2, -0.15) is 0 Å². The summed E-state index contributed by atoms with van der Waals surface area (Å²) in [5.41, 5.74) is 2.40. The highest BCUT2D eigenvalue weighted by atomic mass is 16.3. The molecule has 2 aromatic rings. The largest absolute Gasteiger partial charge is 0.459 e. The van der Waals surface area contributed by atoms with Crippen LogP contribution in [-0.4, -0.2) is 30.8 Å². The lowest BCUT2D eigenvalue weighted by atomic mass is 9.88. The molecule has 1 atom stereocenters. The van der Waals surface area contributed by atoms with E-state index in [0.29, 0.717) is 0 Å². The van der Waals surface area contributed by atoms with Crippen molar-refractivity contribution in [2.24, 2.45) is 0 Å². The van der Waals surface area contributed by atoms with E-state index in [2.05, 4.69) is 22.0 Å². The van der Waals surface area contributed by atoms with E-state index in [-0.39, 0.29) is 30.8 Å². The van der Waals surface area contributed by atoms with Crippen molar-refractivity contribution in [1.29, 1.82) is 0 Å². The van der Waals surface area contributed by atoms with Gasteiger partial charge in [0.25, 0.3) is 5.91 Å². The monoisotopic (exact) mass is 355 g/mol. The Hall–Kier alpha value is -3.09. The molecular weight excluding hydrogens is 334 g/mol. The Morgan fingerprint density at radius 3 is 2.62 bits per heavy atom. The number of carbonyl (C=O) groups excluding carboxylic acids is 3. The average molecular weight is 355 g/mol. The number of amides is 3. The van der Waals surface area contributed by atoms with Crippen molar-refractivity contribution in [2.75, 3.05) is 13.1 Å². The lowest BCUT2D eigenvalue weighted by molar-refractivity contribution is -0.126. The predicted octanol–water partition coefficient (Wildman–Crippen LogP) is 1.32. The molecule has 1 aromatic carbocycles. The molecule has 1 heterocycles. The van der Waals surface area contributed by atoms with E-state index in [1.54, 1.807) is 6.07 Å². The van der Waals surface area contributed by atoms with Gasteiger partial charge >= 0.3 is 0 Å². The van der Waals surface area contributed by atoms with Gasteiger partial charge in [-0.25, -0.2) is 0 Å². The first-order valence-electron chi connectivity index (χ1n) is 8.59. The van der Waals surface area contributed by atoms with Gasteiger partial charge in [-0.15, -0.1) is 0 Å². The fourth-order valence-electron chi connectivity index (χ4n) is 3.05. The summed E-state index contributed by atoms with van der Waals surface area (Å²) in [7, 11) is 0. The normalized spacial score (nSPS) is 15.6. The molecule has 3 N–H and O–H groups in total. The van der Waals surface area contributed by atoms with Gasteiger partial charge in [0.2, 0.25) is 11.8 Å². The van der Waals surface area contributed by atoms with Crippen LogP contribution in [0.5, 0.6) is 0 Å². The minimum Gasteiger partial charge on any atom is -0.459 e. The molecule has 0 saturated carbocycles. The molecular formula is C19H21N3O4. The van der Waals surface area contributed by atoms with Gasteiger partial charge in [-0.05, 0) is 42.5 Å². The lowest BCUT2D eigenvalue weighted by Crippen LogP contribution is -2.43. The summed E-state index contributed by atoms with van der Waals surface area (Å²) in [4.78, 5) is 35.6. The molecule has 3 amide bonds. The van der Waals surface area contributed by atoms with Gasteiger partial charge < -0.3 is 20.4 Å². The maximum Gasteiger partial charge on any atom is 0.287 e. The van der Waals surface area contributed by atoms with E-state index in [1.165, 1.54) is 17.9 Å². The number of benzene rings is 1. The zero-order valence-corrected chi connectivity index (χ0v) is 14.3. The van der Waals surface area contributed by atoms with Crippen molar-refractivity contribution in [3.05, 3.63) is 59.5 Å². The number of nitrogens with one attached hydrogen (secondary N) is 3. The number of fused-ring (bicyclic) bond motifs is 1. The van der Waals surface area contributed by atoms with Crippen LogP contribution in [0.4, 0.5) is 0 Å². The first-order chi connectivity index (χ1) is 12.6. The molecule has 0 unspecified atom stereocenters. The van der Waals surface area contributed by atoms with Crippen LogP contribution in [-0.2, 0) is 16.0 Å². The van der Waals surface area contributed by atoms with Crippen LogP contribution >= 0.6 is 0 Å². The number of rotatable bonds is 6. The second-order valence-electron chi connectivity index (χ2n) is 6.15. The van der Waals surface area contributed by atoms with Crippen molar-refractivity contribution >= 4 is 17.7 Å². The summed E-state index contributed by atoms with van der Waals surface area (Å²) in [5, 5.41) is 7.89. The first kappa shape index (κ1) is 17.7. The predicted molar refractivity (Wildman–Crippen MR) is 94.3 cm³/mol. The SMILES string of the molecule is O=C(CNC(=O)c1ccco1)NCC(=O)N[C@H]1CCCc2ccccc21. The number of furan rings is 1. The maximum atomic E-state index is 12.1. The van der Waals surface area contributed by atoms with E-state index >= 15 is 0 Å². The van der Waals surface area contributed by atoms with Crippen LogP contribution < -0.4 is 16.0 Å². The van der Waals surface area contributed by atoms with Gasteiger partial charge in [-0.3, -0.25) is 14.4 Å². The third kappa shape index (κ3) is 4.50. The van der Waals surface area contributed by atoms with E-state index in [9.17, 15) is 14.4 Å². The zero-order valence-electron chi connectivity index (χ0n) is 14.3. The molecule has 26 heavy (non-hydrogen) atoms. The van der Waals surface area contributed by atoms with Gasteiger partial charge in [0.1, 0.15) is 0 Å². The summed E-state index contributed by atoms with van der Waals surface area (Å²) in [6.07, 6.45) is 4.31. The van der Waals surface area contributed by atoms with Crippen molar-refractivity contribution in [1.82, 2.24) is 16.0 Å². The molecule has 0 fully saturated rings. The highest BCUT2D eigenvalue weighted by Crippen LogP contribution is 2.29. The summed E-state index contributed by atoms with van der Waals surface area (Å²) >= 11 is 0. The van der Waals surface area contributed by atoms with Crippen LogP contribution in [0.3, 0.4) is 0 Å². The van der Waals surface area contributed by atoms with E-state index < -0.39 is 11.8 Å². The Morgan fingerprint density at radius 2 is 1.81 bits per heavy atom. The molecule has 0 spiro atoms. The summed E-state index contributed by atoms with van der Waals surface area (Å²) < 4.78 is 4.93. The van der Waals surface area contributed by atoms with E-state index in [1.807, 2.05) is 18.2 Å². The molecule has 0 bridgehead atoms. The third-order valence-corrected chi connectivity index (χ3v) is 4.31. The second-order valence-corrected chi connectivity index (χ2v) is 6.15. The Bertz CT molecular complexity index is 786. The third-order valence-electron chi connectivity index (χ3n) is 4.31. The molecule has 1 aromatic heterocycles. The fourth-order valence-corrected chi connectivity index (χ4v) is 3.05. The van der Waals surface area contributed by atoms with Crippen molar-refractivity contribution in [3.63, 3.8) is 0 Å². The number of hydrogen-bond donors (Lipinski definition) is 3. The van der Waals surface area contributed by atoms with Gasteiger partial charge in [0.15, 0.2) is 5.76 Å². The van der Waals surface area contributed by atoms with Crippen LogP contribution in [0, 0.1) is 0 Å². The van der Waals surface area contributed by atoms with Crippen molar-refractivity contribution < 1.29 is 18.8 Å². The van der Waals surface area contributed by atoms with Crippen LogP contribution in [0.15, 0.2) is 47.1 Å². The zero-order chi connectivity index (χ0) is 18.4. The number of hydrogen-bond acceptors (Lipinski definition) is 4. The van der Waals surface area contributed by atoms with Crippen molar-refractivity contribution in [2.45, 2.75) is 25.3 Å². The summed E-state index contributed by atoms with van der Waals surface area (Å²) in [6.45, 7) is -0.354. The molecule has 0 aliphatic heterocycles. The molecule has 3 rings (SSSR count). The van der Waals surface area contributed by atoms with Crippen LogP contribution in [0.25, 0.3) is 0 Å². The lowest BCUT2D eigenvalue weighted by Gasteiger charge is -2.26. The molecule has 0 radical (unpaired) electrons. The maximum absolute atomic E-state index is 12.1. The van der Waals surface area contributed by atoms with Crippen LogP contribution in [0.1, 0.15) is 40.6 Å². The Kier molecular flexibility index (Phi) is 5.68. The summed E-state index contributed by atoms with van der Waals surface area (Å²) in [5.74, 6) is -1.04. The highest BCUT2D eigenvalue weighted by Gasteiger charge is 2.21. The standard InChI is InChI=1S/C19H21N3O4/c23-17(11-21-19(25)16-9-4-10-26-16)20-12-18(24)22-15-8-3-6-13-5-1-2-7-14(13)15/h1-2,4-5,7,9-10,15H,3,6,8,11-12H2,(H,20,23)(H,21,25)(H,22,24)/t15-/m0/s1. The van der Waals surface area contributed by atoms with Crippen molar-refractivity contribution in [3.8, 4) is 0 Å². The number of carbonyl (C=O) groups is 3. The molecule has 7 nitrogen and oxygen atoms in total. The Morgan fingerprint density at radius 1 is 1.00 bits per heavy atom. The molecule has 136 valence electrons. The first-order valence-corrected chi connectivity index (χ1v) is 8.59. The molecule has 1 aliphatic rings. The smallest absolute Gasteiger partial charge is 0.287 e.